The molecule has 0 aliphatic carbocycles. The summed E-state index contributed by atoms with van der Waals surface area (Å²) >= 11 is 0. The van der Waals surface area contributed by atoms with Crippen LogP contribution in [0, 0.1) is 0 Å². The van der Waals surface area contributed by atoms with Crippen LogP contribution in [-0.4, -0.2) is 68.4 Å². The van der Waals surface area contributed by atoms with Gasteiger partial charge in [0.15, 0.2) is 0 Å². The molecule has 0 bridgehead atoms. The average Bonchev–Trinajstić information content (AvgIpc) is 3.34. The molecule has 4 rings (SSSR count). The Labute approximate surface area is 192 Å². The van der Waals surface area contributed by atoms with E-state index in [1.54, 1.807) is 52.4 Å². The van der Waals surface area contributed by atoms with Crippen molar-refractivity contribution in [3.05, 3.63) is 60.8 Å². The first kappa shape index (κ1) is 22.3. The van der Waals surface area contributed by atoms with Gasteiger partial charge in [0, 0.05) is 31.7 Å². The van der Waals surface area contributed by atoms with Crippen LogP contribution in [0.3, 0.4) is 0 Å². The predicted octanol–water partition coefficient (Wildman–Crippen LogP) is 2.97. The number of nitrogens with zero attached hydrogens (tertiary/aromatic N) is 6. The third kappa shape index (κ3) is 5.65. The van der Waals surface area contributed by atoms with E-state index in [0.29, 0.717) is 37.6 Å². The Hall–Kier alpha value is -3.95. The van der Waals surface area contributed by atoms with Crippen molar-refractivity contribution in [2.24, 2.45) is 0 Å². The molecule has 1 aliphatic rings. The molecule has 0 unspecified atom stereocenters. The Kier molecular flexibility index (Phi) is 6.25. The highest BCUT2D eigenvalue weighted by atomic mass is 16.6. The number of hydrogen-bond acceptors (Lipinski definition) is 7. The number of carbonyl (C=O) groups excluding carboxylic acids is 2. The Morgan fingerprint density at radius 2 is 1.67 bits per heavy atom. The van der Waals surface area contributed by atoms with E-state index in [4.69, 9.17) is 4.74 Å². The van der Waals surface area contributed by atoms with E-state index < -0.39 is 5.60 Å². The number of carbonyl (C=O) groups is 2. The van der Waals surface area contributed by atoms with Crippen LogP contribution in [0.1, 0.15) is 31.1 Å². The molecule has 3 aromatic rings. The second-order valence-electron chi connectivity index (χ2n) is 8.70. The second-order valence-corrected chi connectivity index (χ2v) is 8.70. The van der Waals surface area contributed by atoms with Crippen LogP contribution in [0.5, 0.6) is 0 Å². The van der Waals surface area contributed by atoms with Crippen LogP contribution in [0.2, 0.25) is 0 Å². The Morgan fingerprint density at radius 1 is 0.970 bits per heavy atom. The van der Waals surface area contributed by atoms with Crippen molar-refractivity contribution in [3.8, 4) is 5.69 Å². The molecule has 1 aliphatic heterocycles. The lowest BCUT2D eigenvalue weighted by Gasteiger charge is -2.36. The van der Waals surface area contributed by atoms with Gasteiger partial charge in [-0.2, -0.15) is 5.10 Å². The van der Waals surface area contributed by atoms with Crippen molar-refractivity contribution in [2.75, 3.05) is 36.4 Å². The molecule has 1 aromatic carbocycles. The van der Waals surface area contributed by atoms with Gasteiger partial charge in [0.2, 0.25) is 0 Å². The van der Waals surface area contributed by atoms with Crippen molar-refractivity contribution in [1.82, 2.24) is 24.6 Å². The number of rotatable bonds is 4. The van der Waals surface area contributed by atoms with Gasteiger partial charge >= 0.3 is 6.09 Å². The molecule has 10 nitrogen and oxygen atoms in total. The van der Waals surface area contributed by atoms with E-state index in [-0.39, 0.29) is 12.0 Å². The Balaban J connectivity index is 1.30. The first-order chi connectivity index (χ1) is 15.8. The number of benzene rings is 1. The third-order valence-corrected chi connectivity index (χ3v) is 5.10. The molecule has 33 heavy (non-hydrogen) atoms. The van der Waals surface area contributed by atoms with Gasteiger partial charge in [-0.25, -0.2) is 19.4 Å². The fourth-order valence-corrected chi connectivity index (χ4v) is 3.42. The van der Waals surface area contributed by atoms with E-state index in [0.717, 1.165) is 11.4 Å². The van der Waals surface area contributed by atoms with E-state index >= 15 is 0 Å². The smallest absolute Gasteiger partial charge is 0.410 e. The number of piperazine rings is 1. The lowest BCUT2D eigenvalue weighted by molar-refractivity contribution is 0.0240. The number of nitrogens with one attached hydrogen (secondary N) is 1. The van der Waals surface area contributed by atoms with E-state index in [1.807, 2.05) is 26.8 Å². The maximum Gasteiger partial charge on any atom is 0.410 e. The molecule has 0 atom stereocenters. The quantitative estimate of drug-likeness (QED) is 0.653. The number of aromatic nitrogens is 4. The Morgan fingerprint density at radius 3 is 2.24 bits per heavy atom. The van der Waals surface area contributed by atoms with E-state index in [9.17, 15) is 9.59 Å². The first-order valence-corrected chi connectivity index (χ1v) is 10.7. The average molecular weight is 450 g/mol. The summed E-state index contributed by atoms with van der Waals surface area (Å²) in [6, 6.07) is 10.8. The van der Waals surface area contributed by atoms with Crippen LogP contribution in [0.15, 0.2) is 55.2 Å². The van der Waals surface area contributed by atoms with Gasteiger partial charge in [-0.3, -0.25) is 4.79 Å². The topological polar surface area (TPSA) is 105 Å². The summed E-state index contributed by atoms with van der Waals surface area (Å²) < 4.78 is 7.06. The van der Waals surface area contributed by atoms with Gasteiger partial charge < -0.3 is 19.9 Å². The zero-order valence-corrected chi connectivity index (χ0v) is 18.9. The molecule has 2 amide bonds. The first-order valence-electron chi connectivity index (χ1n) is 10.7. The lowest BCUT2D eigenvalue weighted by atomic mass is 10.2. The molecular formula is C23H27N7O3. The molecule has 1 fully saturated rings. The van der Waals surface area contributed by atoms with Crippen molar-refractivity contribution in [2.45, 2.75) is 26.4 Å². The fourth-order valence-electron chi connectivity index (χ4n) is 3.42. The van der Waals surface area contributed by atoms with Crippen LogP contribution in [0.25, 0.3) is 5.69 Å². The maximum absolute atomic E-state index is 12.6. The van der Waals surface area contributed by atoms with Crippen molar-refractivity contribution in [3.63, 3.8) is 0 Å². The number of pyridine rings is 1. The molecule has 2 aromatic heterocycles. The third-order valence-electron chi connectivity index (χ3n) is 5.10. The zero-order valence-electron chi connectivity index (χ0n) is 18.9. The molecule has 10 heteroatoms. The van der Waals surface area contributed by atoms with Gasteiger partial charge in [-0.1, -0.05) is 0 Å². The summed E-state index contributed by atoms with van der Waals surface area (Å²) in [6.07, 6.45) is 4.49. The highest BCUT2D eigenvalue weighted by Crippen LogP contribution is 2.19. The summed E-state index contributed by atoms with van der Waals surface area (Å²) in [4.78, 5) is 36.9. The van der Waals surface area contributed by atoms with Gasteiger partial charge in [0.1, 0.15) is 24.1 Å². The van der Waals surface area contributed by atoms with Crippen LogP contribution >= 0.6 is 0 Å². The fraction of sp³-hybridized carbons (Fsp3) is 0.348. The summed E-state index contributed by atoms with van der Waals surface area (Å²) in [5.41, 5.74) is 1.77. The molecule has 3 heterocycles. The number of amides is 2. The number of anilines is 2. The largest absolute Gasteiger partial charge is 0.444 e. The summed E-state index contributed by atoms with van der Waals surface area (Å²) in [7, 11) is 0. The minimum absolute atomic E-state index is 0.244. The Bertz CT molecular complexity index is 1080. The minimum atomic E-state index is -0.502. The van der Waals surface area contributed by atoms with Crippen molar-refractivity contribution in [1.29, 1.82) is 0 Å². The van der Waals surface area contributed by atoms with Crippen molar-refractivity contribution < 1.29 is 14.3 Å². The molecule has 0 saturated carbocycles. The highest BCUT2D eigenvalue weighted by molar-refractivity contribution is 6.03. The van der Waals surface area contributed by atoms with Crippen LogP contribution in [-0.2, 0) is 4.74 Å². The minimum Gasteiger partial charge on any atom is -0.444 e. The molecular weight excluding hydrogens is 422 g/mol. The monoisotopic (exact) mass is 449 g/mol. The molecule has 1 saturated heterocycles. The SMILES string of the molecule is CC(C)(C)OC(=O)N1CCN(c2ccc(NC(=O)c3ccc(-n4cncn4)cc3)nc2)CC1. The summed E-state index contributed by atoms with van der Waals surface area (Å²) in [6.45, 7) is 8.12. The molecule has 1 N–H and O–H groups in total. The van der Waals surface area contributed by atoms with Crippen molar-refractivity contribution >= 4 is 23.5 Å². The lowest BCUT2D eigenvalue weighted by Crippen LogP contribution is -2.50. The van der Waals surface area contributed by atoms with Crippen LogP contribution < -0.4 is 10.2 Å². The highest BCUT2D eigenvalue weighted by Gasteiger charge is 2.26. The van der Waals surface area contributed by atoms with Crippen LogP contribution in [0.4, 0.5) is 16.3 Å². The number of ether oxygens (including phenoxy) is 1. The number of hydrogen-bond donors (Lipinski definition) is 1. The van der Waals surface area contributed by atoms with E-state index in [1.165, 1.54) is 6.33 Å². The molecule has 172 valence electrons. The van der Waals surface area contributed by atoms with Gasteiger partial charge in [-0.05, 0) is 57.2 Å². The van der Waals surface area contributed by atoms with Gasteiger partial charge in [0.05, 0.1) is 17.6 Å². The van der Waals surface area contributed by atoms with Gasteiger partial charge in [0.25, 0.3) is 5.91 Å². The maximum atomic E-state index is 12.6. The normalized spacial score (nSPS) is 14.2. The summed E-state index contributed by atoms with van der Waals surface area (Å²) in [5.74, 6) is 0.225. The zero-order chi connectivity index (χ0) is 23.4. The standard InChI is InChI=1S/C23H27N7O3/c1-23(2,3)33-22(32)29-12-10-28(11-13-29)19-8-9-20(25-14-19)27-21(31)17-4-6-18(7-5-17)30-16-24-15-26-30/h4-9,14-16H,10-13H2,1-3H3,(H,25,27,31). The van der Waals surface area contributed by atoms with E-state index in [2.05, 4.69) is 25.3 Å². The second kappa shape index (κ2) is 9.27. The molecule has 0 radical (unpaired) electrons. The summed E-state index contributed by atoms with van der Waals surface area (Å²) in [5, 5.41) is 6.88. The van der Waals surface area contributed by atoms with Gasteiger partial charge in [-0.15, -0.1) is 0 Å². The predicted molar refractivity (Wildman–Crippen MR) is 124 cm³/mol. The molecule has 0 spiro atoms.